The molecule has 0 aliphatic heterocycles. The van der Waals surface area contributed by atoms with Gasteiger partial charge < -0.3 is 11.1 Å². The first-order valence-corrected chi connectivity index (χ1v) is 4.91. The van der Waals surface area contributed by atoms with Gasteiger partial charge in [-0.2, -0.15) is 10.2 Å². The molecule has 1 unspecified atom stereocenters. The lowest BCUT2D eigenvalue weighted by Crippen LogP contribution is -2.43. The molecule has 0 saturated carbocycles. The summed E-state index contributed by atoms with van der Waals surface area (Å²) in [5.74, 6) is -0.0255. The van der Waals surface area contributed by atoms with E-state index in [1.807, 2.05) is 13.8 Å². The van der Waals surface area contributed by atoms with Crippen molar-refractivity contribution < 1.29 is 4.79 Å². The number of hydrogen-bond donors (Lipinski definition) is 2. The van der Waals surface area contributed by atoms with Crippen molar-refractivity contribution in [2.75, 3.05) is 0 Å². The first-order chi connectivity index (χ1) is 7.11. The van der Waals surface area contributed by atoms with E-state index < -0.39 is 6.04 Å². The molecule has 0 fully saturated rings. The maximum absolute atomic E-state index is 11.5. The van der Waals surface area contributed by atoms with Crippen LogP contribution in [0.15, 0.2) is 18.3 Å². The van der Waals surface area contributed by atoms with Crippen LogP contribution in [0.5, 0.6) is 0 Å². The Hall–Kier alpha value is -1.49. The van der Waals surface area contributed by atoms with Gasteiger partial charge >= 0.3 is 0 Å². The van der Waals surface area contributed by atoms with Crippen molar-refractivity contribution in [2.45, 2.75) is 26.4 Å². The molecule has 0 spiro atoms. The van der Waals surface area contributed by atoms with Crippen LogP contribution in [0.1, 0.15) is 19.5 Å². The van der Waals surface area contributed by atoms with Crippen LogP contribution >= 0.6 is 0 Å². The van der Waals surface area contributed by atoms with Gasteiger partial charge in [0.1, 0.15) is 0 Å². The fourth-order valence-electron chi connectivity index (χ4n) is 1.03. The number of nitrogens with two attached hydrogens (primary N) is 1. The molecule has 5 heteroatoms. The van der Waals surface area contributed by atoms with Crippen LogP contribution in [-0.4, -0.2) is 22.1 Å². The second-order valence-corrected chi connectivity index (χ2v) is 3.70. The summed E-state index contributed by atoms with van der Waals surface area (Å²) in [6, 6.07) is 3.10. The maximum atomic E-state index is 11.5. The van der Waals surface area contributed by atoms with Gasteiger partial charge in [0.25, 0.3) is 0 Å². The number of nitrogens with zero attached hydrogens (tertiary/aromatic N) is 2. The highest BCUT2D eigenvalue weighted by Gasteiger charge is 2.16. The number of carbonyl (C=O) groups is 1. The Labute approximate surface area is 89.1 Å². The molecule has 5 nitrogen and oxygen atoms in total. The summed E-state index contributed by atoms with van der Waals surface area (Å²) in [5, 5.41) is 10.3. The lowest BCUT2D eigenvalue weighted by Gasteiger charge is -2.14. The van der Waals surface area contributed by atoms with Crippen molar-refractivity contribution in [3.63, 3.8) is 0 Å². The zero-order valence-corrected chi connectivity index (χ0v) is 8.97. The van der Waals surface area contributed by atoms with Crippen molar-refractivity contribution in [1.82, 2.24) is 15.5 Å². The molecule has 1 amide bonds. The number of hydrogen-bond acceptors (Lipinski definition) is 4. The highest BCUT2D eigenvalue weighted by Crippen LogP contribution is 1.98. The van der Waals surface area contributed by atoms with E-state index in [0.717, 1.165) is 5.69 Å². The van der Waals surface area contributed by atoms with E-state index in [0.29, 0.717) is 6.54 Å². The Bertz CT molecular complexity index is 312. The largest absolute Gasteiger partial charge is 0.349 e. The van der Waals surface area contributed by atoms with E-state index in [-0.39, 0.29) is 11.8 Å². The fraction of sp³-hybridized carbons (Fsp3) is 0.500. The minimum atomic E-state index is -0.471. The number of aromatic nitrogens is 2. The smallest absolute Gasteiger partial charge is 0.237 e. The first kappa shape index (κ1) is 11.6. The van der Waals surface area contributed by atoms with E-state index in [2.05, 4.69) is 15.5 Å². The Morgan fingerprint density at radius 3 is 2.87 bits per heavy atom. The molecule has 0 bridgehead atoms. The average molecular weight is 208 g/mol. The van der Waals surface area contributed by atoms with E-state index >= 15 is 0 Å². The molecule has 1 rings (SSSR count). The third kappa shape index (κ3) is 3.63. The van der Waals surface area contributed by atoms with E-state index in [1.165, 1.54) is 0 Å². The molecule has 15 heavy (non-hydrogen) atoms. The van der Waals surface area contributed by atoms with Gasteiger partial charge in [-0.05, 0) is 18.1 Å². The third-order valence-electron chi connectivity index (χ3n) is 2.09. The van der Waals surface area contributed by atoms with Gasteiger partial charge in [0.2, 0.25) is 5.91 Å². The Balaban J connectivity index is 2.41. The molecule has 0 radical (unpaired) electrons. The van der Waals surface area contributed by atoms with E-state index in [4.69, 9.17) is 5.73 Å². The number of rotatable bonds is 4. The Kier molecular flexibility index (Phi) is 4.17. The van der Waals surface area contributed by atoms with Crippen LogP contribution < -0.4 is 11.1 Å². The summed E-state index contributed by atoms with van der Waals surface area (Å²) in [6.07, 6.45) is 1.59. The maximum Gasteiger partial charge on any atom is 0.237 e. The van der Waals surface area contributed by atoms with Gasteiger partial charge in [0.15, 0.2) is 0 Å². The predicted octanol–water partition coefficient (Wildman–Crippen LogP) is 0.0761. The summed E-state index contributed by atoms with van der Waals surface area (Å²) in [4.78, 5) is 11.5. The molecule has 0 aliphatic rings. The summed E-state index contributed by atoms with van der Waals surface area (Å²) < 4.78 is 0. The lowest BCUT2D eigenvalue weighted by atomic mass is 10.1. The van der Waals surface area contributed by atoms with Gasteiger partial charge in [0.05, 0.1) is 18.3 Å². The summed E-state index contributed by atoms with van der Waals surface area (Å²) in [5.41, 5.74) is 6.40. The van der Waals surface area contributed by atoms with Gasteiger partial charge in [-0.1, -0.05) is 13.8 Å². The normalized spacial score (nSPS) is 12.5. The minimum absolute atomic E-state index is 0.131. The minimum Gasteiger partial charge on any atom is -0.349 e. The number of carbonyl (C=O) groups excluding carboxylic acids is 1. The fourth-order valence-corrected chi connectivity index (χ4v) is 1.03. The van der Waals surface area contributed by atoms with Crippen molar-refractivity contribution in [3.05, 3.63) is 24.0 Å². The van der Waals surface area contributed by atoms with Crippen LogP contribution in [0, 0.1) is 5.92 Å². The Morgan fingerprint density at radius 1 is 1.60 bits per heavy atom. The molecule has 1 atom stereocenters. The quantitative estimate of drug-likeness (QED) is 0.734. The van der Waals surface area contributed by atoms with Crippen LogP contribution in [0.4, 0.5) is 0 Å². The second-order valence-electron chi connectivity index (χ2n) is 3.70. The third-order valence-corrected chi connectivity index (χ3v) is 2.09. The van der Waals surface area contributed by atoms with Gasteiger partial charge in [-0.25, -0.2) is 0 Å². The molecule has 1 aromatic rings. The van der Waals surface area contributed by atoms with Crippen LogP contribution in [0.25, 0.3) is 0 Å². The average Bonchev–Trinajstić information content (AvgIpc) is 2.26. The molecular weight excluding hydrogens is 192 g/mol. The summed E-state index contributed by atoms with van der Waals surface area (Å²) >= 11 is 0. The molecule has 0 saturated heterocycles. The van der Waals surface area contributed by atoms with Gasteiger partial charge in [0, 0.05) is 6.20 Å². The van der Waals surface area contributed by atoms with Gasteiger partial charge in [-0.3, -0.25) is 4.79 Å². The predicted molar refractivity (Wildman–Crippen MR) is 56.7 cm³/mol. The molecule has 0 aromatic carbocycles. The van der Waals surface area contributed by atoms with Crippen molar-refractivity contribution in [3.8, 4) is 0 Å². The first-order valence-electron chi connectivity index (χ1n) is 4.91. The van der Waals surface area contributed by atoms with Crippen molar-refractivity contribution >= 4 is 5.91 Å². The molecule has 82 valence electrons. The zero-order chi connectivity index (χ0) is 11.3. The van der Waals surface area contributed by atoms with Crippen LogP contribution in [0.3, 0.4) is 0 Å². The van der Waals surface area contributed by atoms with Crippen LogP contribution in [-0.2, 0) is 11.3 Å². The molecule has 0 aliphatic carbocycles. The monoisotopic (exact) mass is 208 g/mol. The van der Waals surface area contributed by atoms with E-state index in [9.17, 15) is 4.79 Å². The highest BCUT2D eigenvalue weighted by molar-refractivity contribution is 5.81. The molecule has 3 N–H and O–H groups in total. The van der Waals surface area contributed by atoms with E-state index in [1.54, 1.807) is 18.3 Å². The second kappa shape index (κ2) is 5.41. The zero-order valence-electron chi connectivity index (χ0n) is 8.97. The Morgan fingerprint density at radius 2 is 2.33 bits per heavy atom. The molecule has 1 heterocycles. The lowest BCUT2D eigenvalue weighted by molar-refractivity contribution is -0.123. The SMILES string of the molecule is CC(C)C(N)C(=O)NCc1cccnn1. The van der Waals surface area contributed by atoms with Crippen molar-refractivity contribution in [2.24, 2.45) is 11.7 Å². The molecular formula is C10H16N4O. The van der Waals surface area contributed by atoms with Crippen molar-refractivity contribution in [1.29, 1.82) is 0 Å². The standard InChI is InChI=1S/C10H16N4O/c1-7(2)9(11)10(15)12-6-8-4-3-5-13-14-8/h3-5,7,9H,6,11H2,1-2H3,(H,12,15). The topological polar surface area (TPSA) is 80.9 Å². The van der Waals surface area contributed by atoms with Gasteiger partial charge in [-0.15, -0.1) is 0 Å². The number of amides is 1. The summed E-state index contributed by atoms with van der Waals surface area (Å²) in [6.45, 7) is 4.19. The number of nitrogens with one attached hydrogen (secondary N) is 1. The summed E-state index contributed by atoms with van der Waals surface area (Å²) in [7, 11) is 0. The van der Waals surface area contributed by atoms with Crippen LogP contribution in [0.2, 0.25) is 0 Å². The molecule has 1 aromatic heterocycles. The highest BCUT2D eigenvalue weighted by atomic mass is 16.2.